The minimum atomic E-state index is -4.02. The lowest BCUT2D eigenvalue weighted by molar-refractivity contribution is -0.152. The van der Waals surface area contributed by atoms with E-state index in [9.17, 15) is 45.2 Å². The van der Waals surface area contributed by atoms with E-state index in [1.54, 1.807) is 31.2 Å². The number of amides is 4. The van der Waals surface area contributed by atoms with Crippen LogP contribution in [0.25, 0.3) is 10.8 Å². The normalized spacial score (nSPS) is 27.9. The van der Waals surface area contributed by atoms with Crippen LogP contribution in [0.2, 0.25) is 5.02 Å². The van der Waals surface area contributed by atoms with Crippen LogP contribution in [0.15, 0.2) is 36.4 Å². The number of carbonyl (C=O) groups is 4. The zero-order valence-electron chi connectivity index (χ0n) is 33.8. The maximum atomic E-state index is 14.8. The summed E-state index contributed by atoms with van der Waals surface area (Å²) in [7, 11) is -4.02. The zero-order valence-corrected chi connectivity index (χ0v) is 35.4. The average molecular weight is 888 g/mol. The zero-order chi connectivity index (χ0) is 43.9. The van der Waals surface area contributed by atoms with Gasteiger partial charge in [-0.25, -0.2) is 30.8 Å². The molecule has 2 aromatic rings. The van der Waals surface area contributed by atoms with Crippen molar-refractivity contribution < 1.29 is 59.4 Å². The van der Waals surface area contributed by atoms with Crippen LogP contribution in [-0.4, -0.2) is 102 Å². The van der Waals surface area contributed by atoms with Crippen molar-refractivity contribution in [3.8, 4) is 11.8 Å². The summed E-state index contributed by atoms with van der Waals surface area (Å²) in [6, 6.07) is 3.35. The van der Waals surface area contributed by atoms with Gasteiger partial charge >= 0.3 is 6.09 Å². The van der Waals surface area contributed by atoms with Crippen molar-refractivity contribution >= 4 is 56.2 Å². The van der Waals surface area contributed by atoms with Crippen LogP contribution < -0.4 is 24.8 Å². The first kappa shape index (κ1) is 45.1. The summed E-state index contributed by atoms with van der Waals surface area (Å²) in [4.78, 5) is 61.9. The van der Waals surface area contributed by atoms with Gasteiger partial charge in [-0.3, -0.25) is 19.1 Å². The molecule has 3 fully saturated rings. The maximum Gasteiger partial charge on any atom is 0.408 e. The summed E-state index contributed by atoms with van der Waals surface area (Å²) < 4.78 is 99.7. The molecular weight excluding hydrogens is 838 g/mol. The summed E-state index contributed by atoms with van der Waals surface area (Å²) >= 11 is 6.45. The molecule has 0 bridgehead atoms. The lowest BCUT2D eigenvalue weighted by Gasteiger charge is -2.35. The van der Waals surface area contributed by atoms with Gasteiger partial charge in [0.05, 0.1) is 11.8 Å². The first-order valence-corrected chi connectivity index (χ1v) is 21.8. The number of nitrogens with zero attached hydrogens (tertiary/aromatic N) is 2. The summed E-state index contributed by atoms with van der Waals surface area (Å²) in [5.74, 6) is -7.59. The van der Waals surface area contributed by atoms with Gasteiger partial charge in [-0.05, 0) is 76.3 Å². The summed E-state index contributed by atoms with van der Waals surface area (Å²) in [6.07, 6.45) is 0.624. The van der Waals surface area contributed by atoms with Crippen molar-refractivity contribution in [1.29, 1.82) is 0 Å². The topological polar surface area (TPSA) is 182 Å². The molecule has 1 aromatic heterocycles. The number of hydrogen-bond donors (Lipinski definition) is 3. The van der Waals surface area contributed by atoms with Crippen molar-refractivity contribution in [2.75, 3.05) is 13.2 Å². The maximum absolute atomic E-state index is 14.8. The predicted molar refractivity (Wildman–Crippen MR) is 211 cm³/mol. The van der Waals surface area contributed by atoms with Crippen LogP contribution in [0, 0.1) is 17.8 Å². The molecule has 60 heavy (non-hydrogen) atoms. The molecule has 2 aliphatic heterocycles. The van der Waals surface area contributed by atoms with E-state index in [0.29, 0.717) is 49.8 Å². The molecule has 20 heteroatoms. The Morgan fingerprint density at radius 1 is 1.10 bits per heavy atom. The highest BCUT2D eigenvalue weighted by Crippen LogP contribution is 2.46. The fraction of sp³-hybridized carbons (Fsp3) is 0.625. The van der Waals surface area contributed by atoms with Crippen molar-refractivity contribution in [1.82, 2.24) is 25.2 Å². The quantitative estimate of drug-likeness (QED) is 0.181. The highest BCUT2D eigenvalue weighted by atomic mass is 35.5. The highest BCUT2D eigenvalue weighted by Gasteiger charge is 2.62. The number of aromatic nitrogens is 1. The van der Waals surface area contributed by atoms with Crippen LogP contribution in [0.4, 0.5) is 22.4 Å². The Kier molecular flexibility index (Phi) is 12.9. The second-order valence-electron chi connectivity index (χ2n) is 17.0. The third-order valence-corrected chi connectivity index (χ3v) is 13.8. The number of rotatable bonds is 11. The smallest absolute Gasteiger partial charge is 0.408 e. The number of alkyl carbamates (subject to hydrolysis) is 1. The van der Waals surface area contributed by atoms with Crippen molar-refractivity contribution in [2.24, 2.45) is 17.8 Å². The minimum Gasteiger partial charge on any atom is -0.472 e. The van der Waals surface area contributed by atoms with Gasteiger partial charge in [-0.15, -0.1) is 0 Å². The van der Waals surface area contributed by atoms with E-state index < -0.39 is 99.2 Å². The number of pyridine rings is 1. The highest BCUT2D eigenvalue weighted by molar-refractivity contribution is 7.91. The Bertz CT molecular complexity index is 2140. The second kappa shape index (κ2) is 17.2. The Morgan fingerprint density at radius 2 is 1.82 bits per heavy atom. The van der Waals surface area contributed by atoms with E-state index in [4.69, 9.17) is 25.8 Å². The van der Waals surface area contributed by atoms with E-state index in [0.717, 1.165) is 18.7 Å². The molecule has 4 aliphatic rings. The molecule has 7 unspecified atom stereocenters. The summed E-state index contributed by atoms with van der Waals surface area (Å²) in [6.45, 7) is 4.99. The van der Waals surface area contributed by atoms with Gasteiger partial charge in [0.25, 0.3) is 18.3 Å². The van der Waals surface area contributed by atoms with Crippen LogP contribution in [0.3, 0.4) is 0 Å². The fourth-order valence-electron chi connectivity index (χ4n) is 7.63. The van der Waals surface area contributed by atoms with Crippen LogP contribution in [0.5, 0.6) is 11.8 Å². The van der Waals surface area contributed by atoms with Crippen molar-refractivity contribution in [3.63, 3.8) is 0 Å². The minimum absolute atomic E-state index is 0.0359. The predicted octanol–water partition coefficient (Wildman–Crippen LogP) is 5.90. The molecule has 14 nitrogen and oxygen atoms in total. The Hall–Kier alpha value is -4.39. The largest absolute Gasteiger partial charge is 0.472 e. The van der Waals surface area contributed by atoms with Gasteiger partial charge in [-0.1, -0.05) is 43.7 Å². The molecule has 1 saturated heterocycles. The number of hydrogen-bond acceptors (Lipinski definition) is 10. The molecular formula is C40H50ClF4N5O9S. The van der Waals surface area contributed by atoms with E-state index in [-0.39, 0.29) is 42.1 Å². The number of fused-ring (bicyclic) bond motifs is 3. The third kappa shape index (κ3) is 10.0. The van der Waals surface area contributed by atoms with Gasteiger partial charge in [0.1, 0.15) is 23.7 Å². The number of ether oxygens (including phenoxy) is 3. The molecule has 2 saturated carbocycles. The van der Waals surface area contributed by atoms with E-state index in [2.05, 4.69) is 20.3 Å². The lowest BCUT2D eigenvalue weighted by Crippen LogP contribution is -2.59. The molecule has 2 aliphatic carbocycles. The number of benzene rings is 1. The first-order chi connectivity index (χ1) is 28.0. The second-order valence-corrected chi connectivity index (χ2v) is 19.3. The van der Waals surface area contributed by atoms with Crippen molar-refractivity contribution in [3.05, 3.63) is 41.4 Å². The molecule has 6 rings (SSSR count). The van der Waals surface area contributed by atoms with Gasteiger partial charge in [0.2, 0.25) is 33.6 Å². The standard InChI is InChI=1S/C40H50ClF4N5O9S/c1-21-9-6-7-10-23-18-40(23,36(53)49-60(55,56)25-13-14-25)48-33(51)29-16-24(58-34-26-11-8-12-28(41)27(26)17-31(46-34)57-20-30(42)43)19-50(29)35(52)32(22(2)15-21)47-37(54)59-38(3,4)39(5,44)45/h7-8,10-12,17,21-25,29-30,32H,6,9,13-16,18-20H2,1-5H3,(H,47,54)(H,48,51)(H,49,53). The van der Waals surface area contributed by atoms with Gasteiger partial charge < -0.3 is 29.7 Å². The third-order valence-electron chi connectivity index (χ3n) is 11.7. The van der Waals surface area contributed by atoms with E-state index in [1.165, 1.54) is 6.07 Å². The van der Waals surface area contributed by atoms with E-state index >= 15 is 0 Å². The van der Waals surface area contributed by atoms with Crippen LogP contribution in [0.1, 0.15) is 79.6 Å². The SMILES string of the molecule is CC1CCC=CC2CC2(C(=O)NS(=O)(=O)C2CC2)NC(=O)C2CC(Oc3nc(OCC(F)F)cc4c(Cl)cccc34)CN2C(=O)C(NC(=O)OC(C)(C)C(C)(F)F)C(C)C1. The number of alkyl halides is 4. The number of carbonyl (C=O) groups excluding carboxylic acids is 4. The molecule has 330 valence electrons. The fourth-order valence-corrected chi connectivity index (χ4v) is 9.22. The lowest BCUT2D eigenvalue weighted by atomic mass is 9.88. The summed E-state index contributed by atoms with van der Waals surface area (Å²) in [5.41, 5.74) is -3.95. The number of halogens is 5. The van der Waals surface area contributed by atoms with Gasteiger partial charge in [-0.2, -0.15) is 4.98 Å². The Balaban J connectivity index is 1.37. The molecule has 1 aromatic carbocycles. The summed E-state index contributed by atoms with van der Waals surface area (Å²) in [5, 5.41) is 5.45. The first-order valence-electron chi connectivity index (χ1n) is 19.9. The van der Waals surface area contributed by atoms with Crippen LogP contribution >= 0.6 is 11.6 Å². The molecule has 3 N–H and O–H groups in total. The molecule has 4 amide bonds. The number of allylic oxidation sites excluding steroid dienone is 1. The Labute approximate surface area is 350 Å². The van der Waals surface area contributed by atoms with Crippen molar-refractivity contribution in [2.45, 2.75) is 126 Å². The Morgan fingerprint density at radius 3 is 2.48 bits per heavy atom. The van der Waals surface area contributed by atoms with E-state index in [1.807, 2.05) is 13.0 Å². The van der Waals surface area contributed by atoms with Crippen LogP contribution in [-0.2, 0) is 29.1 Å². The number of sulfonamides is 1. The molecule has 3 heterocycles. The number of nitrogens with one attached hydrogen (secondary N) is 3. The monoisotopic (exact) mass is 887 g/mol. The average Bonchev–Trinajstić information content (AvgIpc) is 4.07. The van der Waals surface area contributed by atoms with Gasteiger partial charge in [0.15, 0.2) is 12.2 Å². The molecule has 7 atom stereocenters. The molecule has 0 spiro atoms. The molecule has 0 radical (unpaired) electrons. The van der Waals surface area contributed by atoms with Gasteiger partial charge in [0, 0.05) is 41.1 Å².